The average molecular weight is 333 g/mol. The fraction of sp³-hybridized carbons (Fsp3) is 0.227. The number of carbonyl (C=O) groups is 1. The highest BCUT2D eigenvalue weighted by molar-refractivity contribution is 5.78. The monoisotopic (exact) mass is 333 g/mol. The van der Waals surface area contributed by atoms with Crippen LogP contribution in [0.15, 0.2) is 77.4 Å². The molecule has 0 spiro atoms. The first kappa shape index (κ1) is 17.0. The van der Waals surface area contributed by atoms with E-state index >= 15 is 0 Å². The Morgan fingerprint density at radius 3 is 2.28 bits per heavy atom. The van der Waals surface area contributed by atoms with Crippen LogP contribution in [0.25, 0.3) is 11.1 Å². The van der Waals surface area contributed by atoms with Gasteiger partial charge in [-0.15, -0.1) is 0 Å². The third-order valence-corrected chi connectivity index (χ3v) is 4.37. The van der Waals surface area contributed by atoms with Gasteiger partial charge in [0.2, 0.25) is 5.91 Å². The summed E-state index contributed by atoms with van der Waals surface area (Å²) in [5.41, 5.74) is 3.57. The van der Waals surface area contributed by atoms with Crippen LogP contribution in [-0.2, 0) is 17.8 Å². The highest BCUT2D eigenvalue weighted by atomic mass is 16.3. The van der Waals surface area contributed by atoms with Gasteiger partial charge in [-0.05, 0) is 35.2 Å². The van der Waals surface area contributed by atoms with Crippen LogP contribution in [0.4, 0.5) is 0 Å². The van der Waals surface area contributed by atoms with E-state index in [1.807, 2.05) is 44.3 Å². The molecular weight excluding hydrogens is 310 g/mol. The first-order chi connectivity index (χ1) is 12.1. The van der Waals surface area contributed by atoms with Gasteiger partial charge >= 0.3 is 0 Å². The predicted octanol–water partition coefficient (Wildman–Crippen LogP) is 4.78. The van der Waals surface area contributed by atoms with Gasteiger partial charge in [0.25, 0.3) is 0 Å². The Kier molecular flexibility index (Phi) is 5.34. The van der Waals surface area contributed by atoms with Crippen molar-refractivity contribution in [3.05, 3.63) is 84.3 Å². The topological polar surface area (TPSA) is 33.5 Å². The Morgan fingerprint density at radius 2 is 1.64 bits per heavy atom. The number of amides is 1. The van der Waals surface area contributed by atoms with E-state index in [1.54, 1.807) is 11.2 Å². The lowest BCUT2D eigenvalue weighted by atomic mass is 9.97. The summed E-state index contributed by atoms with van der Waals surface area (Å²) in [5, 5.41) is 0. The molecule has 0 radical (unpaired) electrons. The van der Waals surface area contributed by atoms with Crippen molar-refractivity contribution in [2.24, 2.45) is 5.92 Å². The van der Waals surface area contributed by atoms with Gasteiger partial charge in [0.15, 0.2) is 0 Å². The van der Waals surface area contributed by atoms with E-state index in [0.717, 1.165) is 12.2 Å². The van der Waals surface area contributed by atoms with E-state index in [4.69, 9.17) is 4.42 Å². The number of nitrogens with zero attached hydrogens (tertiary/aromatic N) is 1. The van der Waals surface area contributed by atoms with E-state index < -0.39 is 0 Å². The minimum Gasteiger partial charge on any atom is -0.467 e. The molecule has 1 aromatic heterocycles. The summed E-state index contributed by atoms with van der Waals surface area (Å²) in [5.74, 6) is 0.862. The molecule has 3 nitrogen and oxygen atoms in total. The maximum absolute atomic E-state index is 12.5. The number of rotatable bonds is 6. The first-order valence-corrected chi connectivity index (χ1v) is 8.55. The predicted molar refractivity (Wildman–Crippen MR) is 99.9 cm³/mol. The minimum atomic E-state index is -0.0671. The molecule has 3 rings (SSSR count). The summed E-state index contributed by atoms with van der Waals surface area (Å²) in [4.78, 5) is 14.3. The molecule has 3 aromatic rings. The van der Waals surface area contributed by atoms with Crippen molar-refractivity contribution in [3.8, 4) is 11.1 Å². The standard InChI is InChI=1S/C22H23NO2/c1-17(22(24)23(2)16-21-9-6-14-25-21)15-18-10-12-20(13-11-18)19-7-4-3-5-8-19/h3-14,17H,15-16H2,1-2H3/t17-/m0/s1. The fourth-order valence-corrected chi connectivity index (χ4v) is 3.00. The summed E-state index contributed by atoms with van der Waals surface area (Å²) in [6.07, 6.45) is 2.36. The summed E-state index contributed by atoms with van der Waals surface area (Å²) < 4.78 is 5.31. The molecule has 0 N–H and O–H groups in total. The molecule has 1 heterocycles. The lowest BCUT2D eigenvalue weighted by Crippen LogP contribution is -2.32. The molecule has 1 amide bonds. The number of furan rings is 1. The number of benzene rings is 2. The highest BCUT2D eigenvalue weighted by Gasteiger charge is 2.18. The van der Waals surface area contributed by atoms with Crippen LogP contribution < -0.4 is 0 Å². The zero-order valence-electron chi connectivity index (χ0n) is 14.7. The Bertz CT molecular complexity index is 792. The quantitative estimate of drug-likeness (QED) is 0.650. The Hall–Kier alpha value is -2.81. The van der Waals surface area contributed by atoms with Crippen molar-refractivity contribution in [2.75, 3.05) is 7.05 Å². The highest BCUT2D eigenvalue weighted by Crippen LogP contribution is 2.21. The number of hydrogen-bond donors (Lipinski definition) is 0. The van der Waals surface area contributed by atoms with E-state index in [1.165, 1.54) is 16.7 Å². The van der Waals surface area contributed by atoms with Gasteiger partial charge in [-0.25, -0.2) is 0 Å². The van der Waals surface area contributed by atoms with Gasteiger partial charge in [0, 0.05) is 13.0 Å². The summed E-state index contributed by atoms with van der Waals surface area (Å²) in [6.45, 7) is 2.48. The molecule has 0 aliphatic heterocycles. The first-order valence-electron chi connectivity index (χ1n) is 8.55. The maximum Gasteiger partial charge on any atom is 0.225 e. The Morgan fingerprint density at radius 1 is 0.960 bits per heavy atom. The molecule has 128 valence electrons. The molecular formula is C22H23NO2. The van der Waals surface area contributed by atoms with Crippen molar-refractivity contribution < 1.29 is 9.21 Å². The van der Waals surface area contributed by atoms with E-state index in [2.05, 4.69) is 36.4 Å². The normalized spacial score (nSPS) is 11.9. The van der Waals surface area contributed by atoms with Crippen LogP contribution in [0.1, 0.15) is 18.2 Å². The van der Waals surface area contributed by atoms with Crippen molar-refractivity contribution in [3.63, 3.8) is 0 Å². The number of carbonyl (C=O) groups excluding carboxylic acids is 1. The van der Waals surface area contributed by atoms with Crippen LogP contribution in [-0.4, -0.2) is 17.9 Å². The zero-order chi connectivity index (χ0) is 17.6. The summed E-state index contributed by atoms with van der Waals surface area (Å²) in [7, 11) is 1.82. The lowest BCUT2D eigenvalue weighted by Gasteiger charge is -2.20. The molecule has 0 saturated carbocycles. The molecule has 0 aliphatic rings. The Labute approximate surface area is 148 Å². The molecule has 0 unspecified atom stereocenters. The van der Waals surface area contributed by atoms with Crippen molar-refractivity contribution >= 4 is 5.91 Å². The van der Waals surface area contributed by atoms with Crippen LogP contribution >= 0.6 is 0 Å². The van der Waals surface area contributed by atoms with Crippen molar-refractivity contribution in [1.82, 2.24) is 4.90 Å². The average Bonchev–Trinajstić information content (AvgIpc) is 3.15. The zero-order valence-corrected chi connectivity index (χ0v) is 14.7. The van der Waals surface area contributed by atoms with Crippen LogP contribution in [0.3, 0.4) is 0 Å². The van der Waals surface area contributed by atoms with Gasteiger partial charge in [0.1, 0.15) is 5.76 Å². The van der Waals surface area contributed by atoms with E-state index in [9.17, 15) is 4.79 Å². The van der Waals surface area contributed by atoms with Gasteiger partial charge in [-0.1, -0.05) is 61.5 Å². The van der Waals surface area contributed by atoms with E-state index in [-0.39, 0.29) is 11.8 Å². The molecule has 0 aliphatic carbocycles. The summed E-state index contributed by atoms with van der Waals surface area (Å²) in [6, 6.07) is 22.5. The molecule has 25 heavy (non-hydrogen) atoms. The third-order valence-electron chi connectivity index (χ3n) is 4.37. The molecule has 0 fully saturated rings. The minimum absolute atomic E-state index is 0.0671. The SMILES string of the molecule is C[C@@H](Cc1ccc(-c2ccccc2)cc1)C(=O)N(C)Cc1ccco1. The fourth-order valence-electron chi connectivity index (χ4n) is 3.00. The van der Waals surface area contributed by atoms with Crippen LogP contribution in [0.2, 0.25) is 0 Å². The second-order valence-electron chi connectivity index (χ2n) is 6.44. The maximum atomic E-state index is 12.5. The van der Waals surface area contributed by atoms with Crippen LogP contribution in [0.5, 0.6) is 0 Å². The van der Waals surface area contributed by atoms with E-state index in [0.29, 0.717) is 6.54 Å². The lowest BCUT2D eigenvalue weighted by molar-refractivity contribution is -0.134. The molecule has 1 atom stereocenters. The molecule has 0 bridgehead atoms. The van der Waals surface area contributed by atoms with Gasteiger partial charge in [0.05, 0.1) is 12.8 Å². The second kappa shape index (κ2) is 7.84. The van der Waals surface area contributed by atoms with Gasteiger partial charge < -0.3 is 9.32 Å². The van der Waals surface area contributed by atoms with Gasteiger partial charge in [-0.2, -0.15) is 0 Å². The number of hydrogen-bond acceptors (Lipinski definition) is 2. The van der Waals surface area contributed by atoms with Gasteiger partial charge in [-0.3, -0.25) is 4.79 Å². The second-order valence-corrected chi connectivity index (χ2v) is 6.44. The van der Waals surface area contributed by atoms with Crippen LogP contribution in [0, 0.1) is 5.92 Å². The molecule has 0 saturated heterocycles. The molecule has 3 heteroatoms. The smallest absolute Gasteiger partial charge is 0.225 e. The molecule has 2 aromatic carbocycles. The largest absolute Gasteiger partial charge is 0.467 e. The summed E-state index contributed by atoms with van der Waals surface area (Å²) >= 11 is 0. The van der Waals surface area contributed by atoms with Crippen molar-refractivity contribution in [1.29, 1.82) is 0 Å². The third kappa shape index (κ3) is 4.38. The Balaban J connectivity index is 1.60. The van der Waals surface area contributed by atoms with Crippen molar-refractivity contribution in [2.45, 2.75) is 19.9 Å².